The molecule has 0 spiro atoms. The second-order valence-corrected chi connectivity index (χ2v) is 6.39. The first-order chi connectivity index (χ1) is 10.2. The average molecular weight is 279 g/mol. The molecule has 3 rings (SSSR count). The molecule has 0 atom stereocenters. The summed E-state index contributed by atoms with van der Waals surface area (Å²) in [7, 11) is 0. The van der Waals surface area contributed by atoms with Crippen molar-refractivity contribution in [1.29, 1.82) is 0 Å². The fourth-order valence-electron chi connectivity index (χ4n) is 3.38. The zero-order valence-electron chi connectivity index (χ0n) is 13.2. The van der Waals surface area contributed by atoms with Crippen LogP contribution in [0.2, 0.25) is 0 Å². The van der Waals surface area contributed by atoms with E-state index in [0.29, 0.717) is 0 Å². The van der Waals surface area contributed by atoms with Gasteiger partial charge in [-0.3, -0.25) is 4.90 Å². The highest BCUT2D eigenvalue weighted by molar-refractivity contribution is 5.27. The van der Waals surface area contributed by atoms with E-state index in [-0.39, 0.29) is 0 Å². The third-order valence-corrected chi connectivity index (χ3v) is 4.76. The summed E-state index contributed by atoms with van der Waals surface area (Å²) >= 11 is 0. The highest BCUT2D eigenvalue weighted by Crippen LogP contribution is 2.29. The maximum atomic E-state index is 2.61. The zero-order valence-corrected chi connectivity index (χ0v) is 13.2. The molecule has 21 heavy (non-hydrogen) atoms. The summed E-state index contributed by atoms with van der Waals surface area (Å²) in [5.74, 6) is 0.748. The van der Waals surface area contributed by atoms with Gasteiger partial charge in [-0.2, -0.15) is 0 Å². The Kier molecular flexibility index (Phi) is 4.40. The van der Waals surface area contributed by atoms with E-state index in [2.05, 4.69) is 67.3 Å². The summed E-state index contributed by atoms with van der Waals surface area (Å²) in [6.07, 6.45) is 2.57. The van der Waals surface area contributed by atoms with Crippen molar-refractivity contribution >= 4 is 0 Å². The number of hydrogen-bond donors (Lipinski definition) is 0. The van der Waals surface area contributed by atoms with Gasteiger partial charge in [-0.1, -0.05) is 54.1 Å². The SMILES string of the molecule is Cc1cccc(C2CCN(Cc3ccccc3C)CC2)c1. The van der Waals surface area contributed by atoms with Crippen LogP contribution in [0.1, 0.15) is 41.0 Å². The molecule has 0 amide bonds. The second-order valence-electron chi connectivity index (χ2n) is 6.39. The van der Waals surface area contributed by atoms with Crippen molar-refractivity contribution in [1.82, 2.24) is 4.90 Å². The molecule has 2 aromatic rings. The Hall–Kier alpha value is -1.60. The van der Waals surface area contributed by atoms with Crippen molar-refractivity contribution in [2.24, 2.45) is 0 Å². The summed E-state index contributed by atoms with van der Waals surface area (Å²) < 4.78 is 0. The average Bonchev–Trinajstić information content (AvgIpc) is 2.50. The van der Waals surface area contributed by atoms with E-state index in [9.17, 15) is 0 Å². The minimum atomic E-state index is 0.748. The van der Waals surface area contributed by atoms with Crippen LogP contribution in [0.4, 0.5) is 0 Å². The van der Waals surface area contributed by atoms with Crippen LogP contribution in [-0.4, -0.2) is 18.0 Å². The molecule has 1 fully saturated rings. The van der Waals surface area contributed by atoms with Crippen LogP contribution >= 0.6 is 0 Å². The van der Waals surface area contributed by atoms with Gasteiger partial charge in [0.2, 0.25) is 0 Å². The minimum Gasteiger partial charge on any atom is -0.299 e. The van der Waals surface area contributed by atoms with Gasteiger partial charge in [0, 0.05) is 6.54 Å². The quantitative estimate of drug-likeness (QED) is 0.788. The van der Waals surface area contributed by atoms with E-state index < -0.39 is 0 Å². The molecule has 0 N–H and O–H groups in total. The Balaban J connectivity index is 1.59. The predicted molar refractivity (Wildman–Crippen MR) is 89.6 cm³/mol. The molecule has 1 aliphatic heterocycles. The molecule has 1 saturated heterocycles. The van der Waals surface area contributed by atoms with Gasteiger partial charge in [-0.05, 0) is 62.4 Å². The molecule has 0 aliphatic carbocycles. The van der Waals surface area contributed by atoms with E-state index in [0.717, 1.165) is 12.5 Å². The number of nitrogens with zero attached hydrogens (tertiary/aromatic N) is 1. The Bertz CT molecular complexity index is 594. The van der Waals surface area contributed by atoms with Crippen LogP contribution in [0.25, 0.3) is 0 Å². The van der Waals surface area contributed by atoms with Crippen molar-refractivity contribution in [2.75, 3.05) is 13.1 Å². The topological polar surface area (TPSA) is 3.24 Å². The molecule has 0 aromatic heterocycles. The Labute approximate surface area is 128 Å². The second kappa shape index (κ2) is 6.44. The molecule has 1 heteroatoms. The van der Waals surface area contributed by atoms with Gasteiger partial charge in [0.1, 0.15) is 0 Å². The van der Waals surface area contributed by atoms with Crippen molar-refractivity contribution < 1.29 is 0 Å². The number of benzene rings is 2. The third-order valence-electron chi connectivity index (χ3n) is 4.76. The van der Waals surface area contributed by atoms with Gasteiger partial charge in [-0.15, -0.1) is 0 Å². The fraction of sp³-hybridized carbons (Fsp3) is 0.400. The Morgan fingerprint density at radius 2 is 1.71 bits per heavy atom. The molecular weight excluding hydrogens is 254 g/mol. The molecule has 110 valence electrons. The molecule has 1 aliphatic rings. The summed E-state index contributed by atoms with van der Waals surface area (Å²) in [4.78, 5) is 2.61. The number of likely N-dealkylation sites (tertiary alicyclic amines) is 1. The lowest BCUT2D eigenvalue weighted by atomic mass is 9.88. The molecule has 0 radical (unpaired) electrons. The van der Waals surface area contributed by atoms with E-state index in [4.69, 9.17) is 0 Å². The zero-order chi connectivity index (χ0) is 14.7. The van der Waals surface area contributed by atoms with Crippen LogP contribution in [0, 0.1) is 13.8 Å². The molecule has 1 heterocycles. The van der Waals surface area contributed by atoms with Crippen LogP contribution in [0.15, 0.2) is 48.5 Å². The van der Waals surface area contributed by atoms with Gasteiger partial charge in [-0.25, -0.2) is 0 Å². The normalized spacial score (nSPS) is 17.0. The predicted octanol–water partition coefficient (Wildman–Crippen LogP) is 4.68. The highest BCUT2D eigenvalue weighted by atomic mass is 15.1. The number of piperidine rings is 1. The Morgan fingerprint density at radius 3 is 2.43 bits per heavy atom. The number of hydrogen-bond acceptors (Lipinski definition) is 1. The first-order valence-corrected chi connectivity index (χ1v) is 8.06. The van der Waals surface area contributed by atoms with Crippen molar-refractivity contribution in [3.63, 3.8) is 0 Å². The highest BCUT2D eigenvalue weighted by Gasteiger charge is 2.20. The van der Waals surface area contributed by atoms with Crippen molar-refractivity contribution in [3.05, 3.63) is 70.8 Å². The van der Waals surface area contributed by atoms with Gasteiger partial charge < -0.3 is 0 Å². The molecule has 0 saturated carbocycles. The van der Waals surface area contributed by atoms with Crippen LogP contribution in [-0.2, 0) is 6.54 Å². The monoisotopic (exact) mass is 279 g/mol. The van der Waals surface area contributed by atoms with E-state index in [1.807, 2.05) is 0 Å². The van der Waals surface area contributed by atoms with Crippen LogP contribution < -0.4 is 0 Å². The molecule has 1 nitrogen and oxygen atoms in total. The standard InChI is InChI=1S/C20H25N/c1-16-6-5-9-19(14-16)18-10-12-21(13-11-18)15-20-8-4-3-7-17(20)2/h3-9,14,18H,10-13,15H2,1-2H3. The maximum absolute atomic E-state index is 2.61. The molecular formula is C20H25N. The first-order valence-electron chi connectivity index (χ1n) is 8.06. The molecule has 2 aromatic carbocycles. The van der Waals surface area contributed by atoms with Gasteiger partial charge in [0.05, 0.1) is 0 Å². The van der Waals surface area contributed by atoms with E-state index in [1.165, 1.54) is 48.2 Å². The van der Waals surface area contributed by atoms with Crippen LogP contribution in [0.5, 0.6) is 0 Å². The van der Waals surface area contributed by atoms with Gasteiger partial charge >= 0.3 is 0 Å². The summed E-state index contributed by atoms with van der Waals surface area (Å²) in [6.45, 7) is 7.94. The Morgan fingerprint density at radius 1 is 0.952 bits per heavy atom. The lowest BCUT2D eigenvalue weighted by Crippen LogP contribution is -2.32. The minimum absolute atomic E-state index is 0.748. The number of rotatable bonds is 3. The third kappa shape index (κ3) is 3.54. The van der Waals surface area contributed by atoms with E-state index >= 15 is 0 Å². The van der Waals surface area contributed by atoms with Crippen molar-refractivity contribution in [2.45, 2.75) is 39.2 Å². The lowest BCUT2D eigenvalue weighted by Gasteiger charge is -2.32. The largest absolute Gasteiger partial charge is 0.299 e. The van der Waals surface area contributed by atoms with Gasteiger partial charge in [0.15, 0.2) is 0 Å². The summed E-state index contributed by atoms with van der Waals surface area (Å²) in [5.41, 5.74) is 5.81. The van der Waals surface area contributed by atoms with Crippen molar-refractivity contribution in [3.8, 4) is 0 Å². The fourth-order valence-corrected chi connectivity index (χ4v) is 3.38. The number of aryl methyl sites for hydroxylation is 2. The molecule has 0 unspecified atom stereocenters. The summed E-state index contributed by atoms with van der Waals surface area (Å²) in [5, 5.41) is 0. The van der Waals surface area contributed by atoms with E-state index in [1.54, 1.807) is 0 Å². The smallest absolute Gasteiger partial charge is 0.0236 e. The maximum Gasteiger partial charge on any atom is 0.0236 e. The van der Waals surface area contributed by atoms with Gasteiger partial charge in [0.25, 0.3) is 0 Å². The van der Waals surface area contributed by atoms with Crippen LogP contribution in [0.3, 0.4) is 0 Å². The summed E-state index contributed by atoms with van der Waals surface area (Å²) in [6, 6.07) is 17.8. The lowest BCUT2D eigenvalue weighted by molar-refractivity contribution is 0.204. The molecule has 0 bridgehead atoms. The first kappa shape index (κ1) is 14.3.